The lowest BCUT2D eigenvalue weighted by molar-refractivity contribution is -0.137. The average Bonchev–Trinajstić information content (AvgIpc) is 2.80. The molecule has 3 amide bonds. The van der Waals surface area contributed by atoms with Gasteiger partial charge < -0.3 is 21.3 Å². The molecule has 0 aliphatic heterocycles. The summed E-state index contributed by atoms with van der Waals surface area (Å²) in [6, 6.07) is 9.20. The predicted molar refractivity (Wildman–Crippen MR) is 129 cm³/mol. The molecule has 3 rings (SSSR count). The summed E-state index contributed by atoms with van der Waals surface area (Å²) in [5, 5.41) is 11.0. The maximum Gasteiger partial charge on any atom is 0.416 e. The summed E-state index contributed by atoms with van der Waals surface area (Å²) in [5.41, 5.74) is 2.15. The second-order valence-electron chi connectivity index (χ2n) is 9.08. The number of halogens is 3. The highest BCUT2D eigenvalue weighted by Gasteiger charge is 2.31. The minimum atomic E-state index is -4.58. The standard InChI is InChI=1S/C26H31F3N4O3/c1-16-9-10-19(17(2)11-16)13-30-14-22(25(36)32-21-7-4-8-21)33-23(34)15-31-24(35)18-5-3-6-20(12-18)26(27,28)29/h3,5-6,9-12,21-22,30H,4,7-8,13-15H2,1-2H3,(H,31,35)(H,32,36)(H,33,34)/t22-/m0/s1. The Hall–Kier alpha value is -3.40. The fourth-order valence-corrected chi connectivity index (χ4v) is 3.80. The fourth-order valence-electron chi connectivity index (χ4n) is 3.80. The first-order chi connectivity index (χ1) is 17.0. The first kappa shape index (κ1) is 27.2. The minimum Gasteiger partial charge on any atom is -0.352 e. The van der Waals surface area contributed by atoms with Crippen LogP contribution in [0.25, 0.3) is 0 Å². The number of alkyl halides is 3. The highest BCUT2D eigenvalue weighted by molar-refractivity contribution is 5.97. The van der Waals surface area contributed by atoms with Gasteiger partial charge in [0.15, 0.2) is 0 Å². The van der Waals surface area contributed by atoms with E-state index in [4.69, 9.17) is 0 Å². The van der Waals surface area contributed by atoms with Crippen LogP contribution in [0.2, 0.25) is 0 Å². The molecule has 0 radical (unpaired) electrons. The van der Waals surface area contributed by atoms with Crippen LogP contribution in [0.1, 0.15) is 51.9 Å². The molecule has 7 nitrogen and oxygen atoms in total. The maximum absolute atomic E-state index is 12.9. The van der Waals surface area contributed by atoms with Crippen LogP contribution in [0.3, 0.4) is 0 Å². The van der Waals surface area contributed by atoms with Crippen molar-refractivity contribution in [2.75, 3.05) is 13.1 Å². The van der Waals surface area contributed by atoms with Crippen molar-refractivity contribution >= 4 is 17.7 Å². The summed E-state index contributed by atoms with van der Waals surface area (Å²) in [7, 11) is 0. The van der Waals surface area contributed by atoms with E-state index in [1.54, 1.807) is 0 Å². The van der Waals surface area contributed by atoms with Gasteiger partial charge in [0, 0.05) is 24.7 Å². The Balaban J connectivity index is 1.56. The molecule has 0 unspecified atom stereocenters. The van der Waals surface area contributed by atoms with E-state index in [-0.39, 0.29) is 24.1 Å². The number of benzene rings is 2. The van der Waals surface area contributed by atoms with Crippen LogP contribution in [-0.4, -0.2) is 42.9 Å². The van der Waals surface area contributed by atoms with Crippen molar-refractivity contribution in [3.63, 3.8) is 0 Å². The molecule has 0 saturated heterocycles. The molecule has 0 spiro atoms. The van der Waals surface area contributed by atoms with Gasteiger partial charge in [-0.2, -0.15) is 13.2 Å². The van der Waals surface area contributed by atoms with Gasteiger partial charge in [-0.1, -0.05) is 29.8 Å². The van der Waals surface area contributed by atoms with Gasteiger partial charge in [0.05, 0.1) is 12.1 Å². The van der Waals surface area contributed by atoms with Crippen molar-refractivity contribution in [1.29, 1.82) is 0 Å². The Morgan fingerprint density at radius 1 is 1.06 bits per heavy atom. The summed E-state index contributed by atoms with van der Waals surface area (Å²) < 4.78 is 38.7. The van der Waals surface area contributed by atoms with Gasteiger partial charge in [-0.3, -0.25) is 14.4 Å². The van der Waals surface area contributed by atoms with Crippen LogP contribution >= 0.6 is 0 Å². The minimum absolute atomic E-state index is 0.0804. The van der Waals surface area contributed by atoms with Gasteiger partial charge in [-0.25, -0.2) is 0 Å². The third-order valence-electron chi connectivity index (χ3n) is 6.13. The zero-order valence-corrected chi connectivity index (χ0v) is 20.3. The summed E-state index contributed by atoms with van der Waals surface area (Å²) in [6.45, 7) is 4.19. The summed E-state index contributed by atoms with van der Waals surface area (Å²) in [5.74, 6) is -1.78. The molecule has 36 heavy (non-hydrogen) atoms. The summed E-state index contributed by atoms with van der Waals surface area (Å²) in [4.78, 5) is 37.5. The molecule has 0 heterocycles. The fraction of sp³-hybridized carbons (Fsp3) is 0.423. The van der Waals surface area contributed by atoms with Gasteiger partial charge in [0.1, 0.15) is 6.04 Å². The molecule has 0 aromatic heterocycles. The molecule has 1 saturated carbocycles. The number of aryl methyl sites for hydroxylation is 2. The smallest absolute Gasteiger partial charge is 0.352 e. The van der Waals surface area contributed by atoms with E-state index in [9.17, 15) is 27.6 Å². The van der Waals surface area contributed by atoms with Gasteiger partial charge in [-0.15, -0.1) is 0 Å². The van der Waals surface area contributed by atoms with Crippen LogP contribution in [0.5, 0.6) is 0 Å². The van der Waals surface area contributed by atoms with Crippen LogP contribution in [-0.2, 0) is 22.3 Å². The Bertz CT molecular complexity index is 1100. The van der Waals surface area contributed by atoms with Crippen molar-refractivity contribution < 1.29 is 27.6 Å². The van der Waals surface area contributed by atoms with Gasteiger partial charge in [0.2, 0.25) is 11.8 Å². The van der Waals surface area contributed by atoms with Crippen LogP contribution in [0.15, 0.2) is 42.5 Å². The SMILES string of the molecule is Cc1ccc(CNC[C@H](NC(=O)CNC(=O)c2cccc(C(F)(F)F)c2)C(=O)NC2CCC2)c(C)c1. The molecule has 1 aliphatic carbocycles. The molecule has 1 fully saturated rings. The predicted octanol–water partition coefficient (Wildman–Crippen LogP) is 3.00. The lowest BCUT2D eigenvalue weighted by atomic mass is 9.93. The molecular formula is C26H31F3N4O3. The molecule has 10 heteroatoms. The molecule has 2 aromatic rings. The Kier molecular flexibility index (Phi) is 9.08. The van der Waals surface area contributed by atoms with Crippen molar-refractivity contribution in [2.24, 2.45) is 0 Å². The van der Waals surface area contributed by atoms with Gasteiger partial charge in [0.25, 0.3) is 5.91 Å². The number of carbonyl (C=O) groups is 3. The largest absolute Gasteiger partial charge is 0.416 e. The van der Waals surface area contributed by atoms with Crippen LogP contribution in [0.4, 0.5) is 13.2 Å². The zero-order valence-electron chi connectivity index (χ0n) is 20.3. The second kappa shape index (κ2) is 12.0. The highest BCUT2D eigenvalue weighted by Crippen LogP contribution is 2.29. The van der Waals surface area contributed by atoms with Crippen molar-refractivity contribution in [3.8, 4) is 0 Å². The first-order valence-corrected chi connectivity index (χ1v) is 11.8. The van der Waals surface area contributed by atoms with Crippen molar-refractivity contribution in [3.05, 3.63) is 70.3 Å². The molecule has 1 aliphatic rings. The number of amides is 3. The normalized spacial score (nSPS) is 14.5. The molecule has 2 aromatic carbocycles. The van der Waals surface area contributed by atoms with E-state index in [1.165, 1.54) is 6.07 Å². The number of rotatable bonds is 10. The topological polar surface area (TPSA) is 99.3 Å². The first-order valence-electron chi connectivity index (χ1n) is 11.8. The molecule has 194 valence electrons. The number of hydrogen-bond acceptors (Lipinski definition) is 4. The number of nitrogens with one attached hydrogen (secondary N) is 4. The average molecular weight is 505 g/mol. The van der Waals surface area contributed by atoms with E-state index in [0.29, 0.717) is 6.54 Å². The number of carbonyl (C=O) groups excluding carboxylic acids is 3. The lowest BCUT2D eigenvalue weighted by Crippen LogP contribution is -2.56. The van der Waals surface area contributed by atoms with Gasteiger partial charge in [-0.05, 0) is 62.4 Å². The second-order valence-corrected chi connectivity index (χ2v) is 9.08. The number of hydrogen-bond donors (Lipinski definition) is 4. The quantitative estimate of drug-likeness (QED) is 0.400. The Morgan fingerprint density at radius 2 is 1.81 bits per heavy atom. The van der Waals surface area contributed by atoms with Crippen molar-refractivity contribution in [1.82, 2.24) is 21.3 Å². The summed E-state index contributed by atoms with van der Waals surface area (Å²) in [6.07, 6.45) is -1.78. The Morgan fingerprint density at radius 3 is 2.44 bits per heavy atom. The third kappa shape index (κ3) is 7.81. The summed E-state index contributed by atoms with van der Waals surface area (Å²) >= 11 is 0. The van der Waals surface area contributed by atoms with Gasteiger partial charge >= 0.3 is 6.18 Å². The van der Waals surface area contributed by atoms with Crippen molar-refractivity contribution in [2.45, 2.75) is 57.9 Å². The molecular weight excluding hydrogens is 473 g/mol. The molecule has 4 N–H and O–H groups in total. The third-order valence-corrected chi connectivity index (χ3v) is 6.13. The molecule has 1 atom stereocenters. The lowest BCUT2D eigenvalue weighted by Gasteiger charge is -2.29. The monoisotopic (exact) mass is 504 g/mol. The van der Waals surface area contributed by atoms with E-state index in [0.717, 1.165) is 54.2 Å². The van der Waals surface area contributed by atoms with Crippen LogP contribution < -0.4 is 21.3 Å². The highest BCUT2D eigenvalue weighted by atomic mass is 19.4. The molecule has 0 bridgehead atoms. The van der Waals surface area contributed by atoms with E-state index in [1.807, 2.05) is 26.0 Å². The maximum atomic E-state index is 12.9. The Labute approximate surface area is 208 Å². The zero-order chi connectivity index (χ0) is 26.3. The van der Waals surface area contributed by atoms with E-state index < -0.39 is 36.1 Å². The van der Waals surface area contributed by atoms with E-state index in [2.05, 4.69) is 27.3 Å². The van der Waals surface area contributed by atoms with E-state index >= 15 is 0 Å². The van der Waals surface area contributed by atoms with Crippen LogP contribution in [0, 0.1) is 13.8 Å².